The van der Waals surface area contributed by atoms with Crippen LogP contribution in [-0.2, 0) is 13.9 Å². The smallest absolute Gasteiger partial charge is 0.192 e. The summed E-state index contributed by atoms with van der Waals surface area (Å²) in [4.78, 5) is 0. The SMILES string of the molecule is COCO[C@@H]([C@H](C)/C=C(\C)I)[C@H](C)O[Si](C)(C)C(C)(C)C. The van der Waals surface area contributed by atoms with Crippen LogP contribution in [0.4, 0.5) is 0 Å². The van der Waals surface area contributed by atoms with Crippen molar-refractivity contribution in [1.29, 1.82) is 0 Å². The standard InChI is InChI=1S/C16H33IO3Si/c1-12(10-13(2)17)15(19-11-18-7)14(3)20-21(8,9)16(4,5)6/h10,12,14-15H,11H2,1-9H3/b13-10+/t12-,14+,15+/m1/s1. The lowest BCUT2D eigenvalue weighted by Crippen LogP contribution is -2.48. The highest BCUT2D eigenvalue weighted by Gasteiger charge is 2.40. The number of rotatable bonds is 8. The van der Waals surface area contributed by atoms with E-state index in [1.54, 1.807) is 7.11 Å². The van der Waals surface area contributed by atoms with Gasteiger partial charge in [-0.25, -0.2) is 0 Å². The van der Waals surface area contributed by atoms with Crippen LogP contribution in [0.25, 0.3) is 0 Å². The molecule has 0 rings (SSSR count). The molecule has 0 bridgehead atoms. The fourth-order valence-corrected chi connectivity index (χ4v) is 4.01. The maximum Gasteiger partial charge on any atom is 0.192 e. The van der Waals surface area contributed by atoms with Crippen molar-refractivity contribution < 1.29 is 13.9 Å². The average molecular weight is 428 g/mol. The van der Waals surface area contributed by atoms with Crippen LogP contribution in [0.15, 0.2) is 9.66 Å². The number of ether oxygens (including phenoxy) is 2. The zero-order valence-corrected chi connectivity index (χ0v) is 18.3. The van der Waals surface area contributed by atoms with Crippen molar-refractivity contribution in [1.82, 2.24) is 0 Å². The van der Waals surface area contributed by atoms with E-state index in [2.05, 4.69) is 83.3 Å². The van der Waals surface area contributed by atoms with E-state index in [4.69, 9.17) is 13.9 Å². The van der Waals surface area contributed by atoms with E-state index in [0.717, 1.165) is 0 Å². The van der Waals surface area contributed by atoms with Crippen LogP contribution in [0.2, 0.25) is 18.1 Å². The summed E-state index contributed by atoms with van der Waals surface area (Å²) < 4.78 is 18.7. The van der Waals surface area contributed by atoms with Gasteiger partial charge in [0.2, 0.25) is 0 Å². The van der Waals surface area contributed by atoms with Gasteiger partial charge in [0.05, 0.1) is 12.2 Å². The molecule has 5 heteroatoms. The summed E-state index contributed by atoms with van der Waals surface area (Å²) in [6, 6.07) is 0. The largest absolute Gasteiger partial charge is 0.412 e. The highest BCUT2D eigenvalue weighted by molar-refractivity contribution is 14.1. The van der Waals surface area contributed by atoms with E-state index in [9.17, 15) is 0 Å². The summed E-state index contributed by atoms with van der Waals surface area (Å²) in [7, 11) is -0.146. The average Bonchev–Trinajstić information content (AvgIpc) is 2.25. The Bertz CT molecular complexity index is 333. The van der Waals surface area contributed by atoms with Gasteiger partial charge in [-0.15, -0.1) is 0 Å². The van der Waals surface area contributed by atoms with Gasteiger partial charge in [0, 0.05) is 13.0 Å². The molecule has 0 unspecified atom stereocenters. The number of halogens is 1. The van der Waals surface area contributed by atoms with Crippen LogP contribution < -0.4 is 0 Å². The Morgan fingerprint density at radius 2 is 1.76 bits per heavy atom. The lowest BCUT2D eigenvalue weighted by atomic mass is 10.00. The van der Waals surface area contributed by atoms with Crippen molar-refractivity contribution in [3.05, 3.63) is 9.66 Å². The highest BCUT2D eigenvalue weighted by Crippen LogP contribution is 2.38. The first-order valence-electron chi connectivity index (χ1n) is 7.54. The topological polar surface area (TPSA) is 27.7 Å². The van der Waals surface area contributed by atoms with Crippen LogP contribution in [0.3, 0.4) is 0 Å². The fourth-order valence-electron chi connectivity index (χ4n) is 2.03. The minimum Gasteiger partial charge on any atom is -0.412 e. The summed E-state index contributed by atoms with van der Waals surface area (Å²) in [5.74, 6) is 0.289. The molecule has 0 spiro atoms. The molecule has 0 fully saturated rings. The van der Waals surface area contributed by atoms with Crippen molar-refractivity contribution in [2.75, 3.05) is 13.9 Å². The molecule has 0 aromatic rings. The number of hydrogen-bond acceptors (Lipinski definition) is 3. The van der Waals surface area contributed by atoms with Crippen LogP contribution >= 0.6 is 22.6 Å². The van der Waals surface area contributed by atoms with Gasteiger partial charge >= 0.3 is 0 Å². The summed E-state index contributed by atoms with van der Waals surface area (Å²) in [5.41, 5.74) is 0. The molecule has 0 amide bonds. The second-order valence-electron chi connectivity index (χ2n) is 7.23. The third-order valence-corrected chi connectivity index (χ3v) is 9.07. The van der Waals surface area contributed by atoms with Gasteiger partial charge in [0.25, 0.3) is 0 Å². The lowest BCUT2D eigenvalue weighted by Gasteiger charge is -2.41. The molecule has 0 heterocycles. The summed E-state index contributed by atoms with van der Waals surface area (Å²) in [6.45, 7) is 18.0. The third-order valence-electron chi connectivity index (χ3n) is 4.14. The van der Waals surface area contributed by atoms with E-state index in [-0.39, 0.29) is 23.2 Å². The van der Waals surface area contributed by atoms with Crippen molar-refractivity contribution in [3.63, 3.8) is 0 Å². The second kappa shape index (κ2) is 9.01. The van der Waals surface area contributed by atoms with Crippen LogP contribution in [0.1, 0.15) is 41.5 Å². The first-order chi connectivity index (χ1) is 9.42. The Morgan fingerprint density at radius 1 is 1.24 bits per heavy atom. The minimum atomic E-state index is -1.80. The maximum absolute atomic E-state index is 6.49. The Labute approximate surface area is 146 Å². The van der Waals surface area contributed by atoms with Gasteiger partial charge in [0.1, 0.15) is 6.79 Å². The molecule has 0 aromatic carbocycles. The zero-order valence-electron chi connectivity index (χ0n) is 15.1. The molecule has 0 radical (unpaired) electrons. The fraction of sp³-hybridized carbons (Fsp3) is 0.875. The third kappa shape index (κ3) is 7.59. The van der Waals surface area contributed by atoms with E-state index >= 15 is 0 Å². The van der Waals surface area contributed by atoms with Gasteiger partial charge < -0.3 is 13.9 Å². The first kappa shape index (κ1) is 21.6. The molecule has 0 aromatic heterocycles. The Balaban J connectivity index is 5.03. The molecule has 0 N–H and O–H groups in total. The minimum absolute atomic E-state index is 0.00351. The molecule has 0 saturated heterocycles. The predicted molar refractivity (Wildman–Crippen MR) is 101 cm³/mol. The van der Waals surface area contributed by atoms with Crippen molar-refractivity contribution in [2.24, 2.45) is 5.92 Å². The summed E-state index contributed by atoms with van der Waals surface area (Å²) in [5, 5.41) is 0.200. The molecule has 0 aliphatic rings. The molecule has 0 saturated carbocycles. The van der Waals surface area contributed by atoms with E-state index in [1.165, 1.54) is 3.58 Å². The molecule has 0 aliphatic heterocycles. The van der Waals surface area contributed by atoms with E-state index in [1.807, 2.05) is 0 Å². The second-order valence-corrected chi connectivity index (χ2v) is 13.7. The Hall–Kier alpha value is 0.567. The van der Waals surface area contributed by atoms with Gasteiger partial charge in [-0.2, -0.15) is 0 Å². The predicted octanol–water partition coefficient (Wildman–Crippen LogP) is 5.36. The van der Waals surface area contributed by atoms with Crippen molar-refractivity contribution in [3.8, 4) is 0 Å². The van der Waals surface area contributed by atoms with Gasteiger partial charge in [-0.05, 0) is 58.2 Å². The van der Waals surface area contributed by atoms with E-state index < -0.39 is 8.32 Å². The monoisotopic (exact) mass is 428 g/mol. The number of allylic oxidation sites excluding steroid dienone is 1. The summed E-state index contributed by atoms with van der Waals surface area (Å²) >= 11 is 2.34. The van der Waals surface area contributed by atoms with Gasteiger partial charge in [0.15, 0.2) is 8.32 Å². The number of hydrogen-bond donors (Lipinski definition) is 0. The zero-order chi connectivity index (χ0) is 16.8. The molecular formula is C16H33IO3Si. The molecular weight excluding hydrogens is 395 g/mol. The lowest BCUT2D eigenvalue weighted by molar-refractivity contribution is -0.117. The van der Waals surface area contributed by atoms with Gasteiger partial charge in [-0.1, -0.05) is 33.8 Å². The van der Waals surface area contributed by atoms with Crippen molar-refractivity contribution >= 4 is 30.9 Å². The molecule has 0 aliphatic carbocycles. The Morgan fingerprint density at radius 3 is 2.14 bits per heavy atom. The first-order valence-corrected chi connectivity index (χ1v) is 11.5. The summed E-state index contributed by atoms with van der Waals surface area (Å²) in [6.07, 6.45) is 2.28. The molecule has 3 nitrogen and oxygen atoms in total. The molecule has 3 atom stereocenters. The van der Waals surface area contributed by atoms with Crippen LogP contribution in [0.5, 0.6) is 0 Å². The van der Waals surface area contributed by atoms with Crippen molar-refractivity contribution in [2.45, 2.75) is 71.9 Å². The molecule has 21 heavy (non-hydrogen) atoms. The van der Waals surface area contributed by atoms with Crippen LogP contribution in [-0.4, -0.2) is 34.4 Å². The van der Waals surface area contributed by atoms with E-state index in [0.29, 0.717) is 6.79 Å². The Kier molecular flexibility index (Phi) is 9.25. The maximum atomic E-state index is 6.49. The van der Waals surface area contributed by atoms with Crippen LogP contribution in [0, 0.1) is 5.92 Å². The normalized spacial score (nSPS) is 18.5. The quantitative estimate of drug-likeness (QED) is 0.296. The number of methoxy groups -OCH3 is 1. The molecule has 126 valence electrons. The highest BCUT2D eigenvalue weighted by atomic mass is 127. The van der Waals surface area contributed by atoms with Gasteiger partial charge in [-0.3, -0.25) is 0 Å².